The molecule has 1 atom stereocenters. The zero-order valence-corrected chi connectivity index (χ0v) is 14.8. The van der Waals surface area contributed by atoms with Crippen LogP contribution in [0.3, 0.4) is 0 Å². The van der Waals surface area contributed by atoms with Gasteiger partial charge in [-0.3, -0.25) is 4.79 Å². The smallest absolute Gasteiger partial charge is 0.254 e. The van der Waals surface area contributed by atoms with E-state index in [9.17, 15) is 4.79 Å². The Morgan fingerprint density at radius 2 is 2.00 bits per heavy atom. The number of aryl methyl sites for hydroxylation is 2. The number of hydrogen-bond donors (Lipinski definition) is 2. The van der Waals surface area contributed by atoms with Crippen LogP contribution in [0.4, 0.5) is 5.69 Å². The fourth-order valence-corrected chi connectivity index (χ4v) is 3.51. The molecule has 2 aromatic rings. The van der Waals surface area contributed by atoms with Crippen molar-refractivity contribution in [2.45, 2.75) is 29.7 Å². The summed E-state index contributed by atoms with van der Waals surface area (Å²) in [5, 5.41) is 6.07. The van der Waals surface area contributed by atoms with Crippen LogP contribution in [0.25, 0.3) is 0 Å². The Morgan fingerprint density at radius 3 is 2.71 bits per heavy atom. The van der Waals surface area contributed by atoms with E-state index in [-0.39, 0.29) is 5.91 Å². The van der Waals surface area contributed by atoms with Crippen LogP contribution in [0.5, 0.6) is 0 Å². The van der Waals surface area contributed by atoms with Gasteiger partial charge in [-0.15, -0.1) is 0 Å². The molecule has 1 saturated heterocycles. The highest BCUT2D eigenvalue weighted by Gasteiger charge is 2.21. The van der Waals surface area contributed by atoms with Crippen molar-refractivity contribution in [3.05, 3.63) is 53.6 Å². The van der Waals surface area contributed by atoms with E-state index in [2.05, 4.69) is 42.7 Å². The lowest BCUT2D eigenvalue weighted by atomic mass is 10.2. The molecule has 24 heavy (non-hydrogen) atoms. The van der Waals surface area contributed by atoms with Crippen molar-refractivity contribution in [3.8, 4) is 0 Å². The molecule has 4 nitrogen and oxygen atoms in total. The largest absolute Gasteiger partial charge is 0.366 e. The molecule has 1 fully saturated rings. The van der Waals surface area contributed by atoms with Crippen LogP contribution in [0.15, 0.2) is 52.3 Å². The molecule has 0 aromatic heterocycles. The zero-order valence-electron chi connectivity index (χ0n) is 14.0. The van der Waals surface area contributed by atoms with Crippen LogP contribution in [0.1, 0.15) is 11.1 Å². The van der Waals surface area contributed by atoms with E-state index < -0.39 is 6.10 Å². The number of carbonyl (C=O) groups excluding carboxylic acids is 1. The molecule has 1 amide bonds. The number of anilines is 1. The summed E-state index contributed by atoms with van der Waals surface area (Å²) in [6.07, 6.45) is -0.414. The van der Waals surface area contributed by atoms with Gasteiger partial charge in [-0.2, -0.15) is 0 Å². The highest BCUT2D eigenvalue weighted by atomic mass is 32.2. The summed E-state index contributed by atoms with van der Waals surface area (Å²) >= 11 is 1.74. The molecule has 0 bridgehead atoms. The molecule has 0 radical (unpaired) electrons. The second-order valence-electron chi connectivity index (χ2n) is 5.95. The molecule has 5 heteroatoms. The lowest BCUT2D eigenvalue weighted by Gasteiger charge is -2.22. The summed E-state index contributed by atoms with van der Waals surface area (Å²) in [5.74, 6) is -0.0999. The molecule has 2 N–H and O–H groups in total. The zero-order chi connectivity index (χ0) is 16.9. The molecule has 1 aliphatic rings. The summed E-state index contributed by atoms with van der Waals surface area (Å²) in [6.45, 7) is 6.16. The van der Waals surface area contributed by atoms with Crippen LogP contribution in [-0.4, -0.2) is 31.7 Å². The second-order valence-corrected chi connectivity index (χ2v) is 7.06. The number of ether oxygens (including phenoxy) is 1. The maximum atomic E-state index is 12.1. The van der Waals surface area contributed by atoms with Gasteiger partial charge in [0.1, 0.15) is 6.10 Å². The van der Waals surface area contributed by atoms with Crippen molar-refractivity contribution in [1.82, 2.24) is 5.32 Å². The van der Waals surface area contributed by atoms with Gasteiger partial charge in [0.2, 0.25) is 0 Å². The minimum Gasteiger partial charge on any atom is -0.366 e. The Bertz CT molecular complexity index is 710. The number of amides is 1. The van der Waals surface area contributed by atoms with Crippen molar-refractivity contribution >= 4 is 23.4 Å². The SMILES string of the molecule is Cc1ccc(C)c(Sc2ccc(NC(=O)[C@H]3CNCCO3)cc2)c1. The van der Waals surface area contributed by atoms with Gasteiger partial charge in [0.05, 0.1) is 6.61 Å². The first-order chi connectivity index (χ1) is 11.6. The Balaban J connectivity index is 1.62. The predicted molar refractivity (Wildman–Crippen MR) is 97.7 cm³/mol. The van der Waals surface area contributed by atoms with Crippen molar-refractivity contribution in [3.63, 3.8) is 0 Å². The van der Waals surface area contributed by atoms with Gasteiger partial charge < -0.3 is 15.4 Å². The molecule has 3 rings (SSSR count). The quantitative estimate of drug-likeness (QED) is 0.894. The highest BCUT2D eigenvalue weighted by molar-refractivity contribution is 7.99. The highest BCUT2D eigenvalue weighted by Crippen LogP contribution is 2.31. The Hall–Kier alpha value is -1.82. The van der Waals surface area contributed by atoms with Gasteiger partial charge in [-0.1, -0.05) is 23.9 Å². The van der Waals surface area contributed by atoms with Gasteiger partial charge >= 0.3 is 0 Å². The molecular weight excluding hydrogens is 320 g/mol. The first-order valence-corrected chi connectivity index (χ1v) is 8.92. The van der Waals surface area contributed by atoms with Crippen molar-refractivity contribution in [2.24, 2.45) is 0 Å². The summed E-state index contributed by atoms with van der Waals surface area (Å²) in [7, 11) is 0. The van der Waals surface area contributed by atoms with Crippen LogP contribution >= 0.6 is 11.8 Å². The normalized spacial score (nSPS) is 17.5. The fraction of sp³-hybridized carbons (Fsp3) is 0.316. The third-order valence-corrected chi connectivity index (χ3v) is 5.08. The molecule has 126 valence electrons. The van der Waals surface area contributed by atoms with Crippen molar-refractivity contribution in [1.29, 1.82) is 0 Å². The van der Waals surface area contributed by atoms with Gasteiger partial charge in [0.25, 0.3) is 5.91 Å². The maximum absolute atomic E-state index is 12.1. The maximum Gasteiger partial charge on any atom is 0.254 e. The van der Waals surface area contributed by atoms with E-state index in [1.807, 2.05) is 24.3 Å². The molecule has 2 aromatic carbocycles. The van der Waals surface area contributed by atoms with Gasteiger partial charge in [0, 0.05) is 28.6 Å². The van der Waals surface area contributed by atoms with Gasteiger partial charge in [0.15, 0.2) is 0 Å². The lowest BCUT2D eigenvalue weighted by molar-refractivity contribution is -0.128. The Morgan fingerprint density at radius 1 is 1.21 bits per heavy atom. The molecule has 1 aliphatic heterocycles. The standard InChI is InChI=1S/C19H22N2O2S/c1-13-3-4-14(2)18(11-13)24-16-7-5-15(6-8-16)21-19(22)17-12-20-9-10-23-17/h3-8,11,17,20H,9-10,12H2,1-2H3,(H,21,22)/t17-/m1/s1. The first-order valence-electron chi connectivity index (χ1n) is 8.10. The second kappa shape index (κ2) is 7.83. The third kappa shape index (κ3) is 4.38. The Kier molecular flexibility index (Phi) is 5.56. The van der Waals surface area contributed by atoms with E-state index in [4.69, 9.17) is 4.74 Å². The number of hydrogen-bond acceptors (Lipinski definition) is 4. The van der Waals surface area contributed by atoms with Crippen LogP contribution in [-0.2, 0) is 9.53 Å². The number of carbonyl (C=O) groups is 1. The molecule has 0 aliphatic carbocycles. The van der Waals surface area contributed by atoms with Crippen LogP contribution < -0.4 is 10.6 Å². The minimum absolute atomic E-state index is 0.0999. The van der Waals surface area contributed by atoms with Gasteiger partial charge in [-0.05, 0) is 55.3 Å². The number of benzene rings is 2. The van der Waals surface area contributed by atoms with E-state index in [1.165, 1.54) is 16.0 Å². The third-order valence-electron chi connectivity index (χ3n) is 3.91. The summed E-state index contributed by atoms with van der Waals surface area (Å²) < 4.78 is 5.46. The fourth-order valence-electron chi connectivity index (χ4n) is 2.51. The van der Waals surface area contributed by atoms with Crippen LogP contribution in [0, 0.1) is 13.8 Å². The average Bonchev–Trinajstić information content (AvgIpc) is 2.60. The molecule has 0 unspecified atom stereocenters. The number of nitrogens with one attached hydrogen (secondary N) is 2. The first kappa shape index (κ1) is 17.0. The molecular formula is C19H22N2O2S. The van der Waals surface area contributed by atoms with E-state index in [0.717, 1.165) is 17.1 Å². The monoisotopic (exact) mass is 342 g/mol. The van der Waals surface area contributed by atoms with E-state index in [1.54, 1.807) is 11.8 Å². The predicted octanol–water partition coefficient (Wildman–Crippen LogP) is 3.38. The number of rotatable bonds is 4. The Labute approximate surface area is 147 Å². The molecule has 0 saturated carbocycles. The van der Waals surface area contributed by atoms with Gasteiger partial charge in [-0.25, -0.2) is 0 Å². The summed E-state index contributed by atoms with van der Waals surface area (Å²) in [4.78, 5) is 14.6. The van der Waals surface area contributed by atoms with E-state index >= 15 is 0 Å². The summed E-state index contributed by atoms with van der Waals surface area (Å²) in [5.41, 5.74) is 3.32. The molecule has 1 heterocycles. The average molecular weight is 342 g/mol. The lowest BCUT2D eigenvalue weighted by Crippen LogP contribution is -2.45. The summed E-state index contributed by atoms with van der Waals surface area (Å²) in [6, 6.07) is 14.4. The van der Waals surface area contributed by atoms with Crippen molar-refractivity contribution in [2.75, 3.05) is 25.0 Å². The van der Waals surface area contributed by atoms with Crippen molar-refractivity contribution < 1.29 is 9.53 Å². The molecule has 0 spiro atoms. The minimum atomic E-state index is -0.414. The van der Waals surface area contributed by atoms with E-state index in [0.29, 0.717) is 13.2 Å². The topological polar surface area (TPSA) is 50.4 Å². The number of morpholine rings is 1. The van der Waals surface area contributed by atoms with Crippen LogP contribution in [0.2, 0.25) is 0 Å².